The Morgan fingerprint density at radius 2 is 1.46 bits per heavy atom. The molecule has 0 radical (unpaired) electrons. The first-order valence-corrected chi connectivity index (χ1v) is 14.7. The Kier molecular flexibility index (Phi) is 11.0. The number of halogens is 1. The fraction of sp³-hybridized carbons (Fsp3) is 0.344. The van der Waals surface area contributed by atoms with Crippen molar-refractivity contribution in [2.24, 2.45) is 0 Å². The zero-order valence-electron chi connectivity index (χ0n) is 23.2. The molecule has 3 aromatic carbocycles. The average Bonchev–Trinajstić information content (AvgIpc) is 2.93. The van der Waals surface area contributed by atoms with E-state index in [1.54, 1.807) is 23.5 Å². The van der Waals surface area contributed by atoms with Crippen LogP contribution in [0.3, 0.4) is 0 Å². The second-order valence-corrected chi connectivity index (χ2v) is 11.6. The average molecular weight is 582 g/mol. The van der Waals surface area contributed by atoms with Crippen molar-refractivity contribution in [1.82, 2.24) is 4.90 Å². The Morgan fingerprint density at radius 1 is 0.846 bits per heavy atom. The van der Waals surface area contributed by atoms with Gasteiger partial charge in [0, 0.05) is 25.1 Å². The van der Waals surface area contributed by atoms with Crippen LogP contribution in [0.25, 0.3) is 0 Å². The molecule has 0 spiro atoms. The van der Waals surface area contributed by atoms with Crippen LogP contribution < -0.4 is 0 Å². The van der Waals surface area contributed by atoms with Gasteiger partial charge in [0.2, 0.25) is 5.60 Å². The first-order valence-electron chi connectivity index (χ1n) is 13.1. The van der Waals surface area contributed by atoms with Crippen LogP contribution in [0.15, 0.2) is 92.4 Å². The van der Waals surface area contributed by atoms with E-state index in [1.807, 2.05) is 69.3 Å². The van der Waals surface area contributed by atoms with Crippen LogP contribution in [0.1, 0.15) is 45.7 Å². The molecule has 206 valence electrons. The van der Waals surface area contributed by atoms with E-state index in [0.717, 1.165) is 38.9 Å². The number of fused-ring (bicyclic) bond motifs is 2. The summed E-state index contributed by atoms with van der Waals surface area (Å²) in [7, 11) is 0. The third-order valence-electron chi connectivity index (χ3n) is 6.38. The Balaban J connectivity index is 0.00000420. The van der Waals surface area contributed by atoms with Crippen molar-refractivity contribution in [2.45, 2.75) is 65.4 Å². The highest BCUT2D eigenvalue weighted by Gasteiger charge is 2.50. The predicted molar refractivity (Wildman–Crippen MR) is 163 cm³/mol. The monoisotopic (exact) mass is 581 g/mol. The maximum absolute atomic E-state index is 14.1. The number of carbonyl (C=O) groups is 1. The van der Waals surface area contributed by atoms with Gasteiger partial charge in [-0.05, 0) is 57.6 Å². The summed E-state index contributed by atoms with van der Waals surface area (Å²) in [5.41, 5.74) is -0.959. The Hall–Kier alpha value is -2.40. The molecule has 0 aliphatic carbocycles. The summed E-state index contributed by atoms with van der Waals surface area (Å²) in [5.74, 6) is 6.16. The highest BCUT2D eigenvalue weighted by atomic mass is 35.5. The lowest BCUT2D eigenvalue weighted by molar-refractivity contribution is -0.179. The maximum atomic E-state index is 14.1. The van der Waals surface area contributed by atoms with Crippen molar-refractivity contribution in [2.75, 3.05) is 26.2 Å². The number of ether oxygens (including phenoxy) is 2. The van der Waals surface area contributed by atoms with E-state index >= 15 is 0 Å². The summed E-state index contributed by atoms with van der Waals surface area (Å²) in [6, 6.07) is 24.1. The van der Waals surface area contributed by atoms with Crippen molar-refractivity contribution in [3.63, 3.8) is 0 Å². The van der Waals surface area contributed by atoms with Gasteiger partial charge in [0.1, 0.15) is 5.60 Å². The third-order valence-corrected chi connectivity index (χ3v) is 8.99. The number of carbonyl (C=O) groups excluding carboxylic acids is 1. The summed E-state index contributed by atoms with van der Waals surface area (Å²) in [6.45, 7) is 12.7. The number of rotatable bonds is 9. The summed E-state index contributed by atoms with van der Waals surface area (Å²) >= 11 is 3.38. The molecule has 0 fully saturated rings. The van der Waals surface area contributed by atoms with Gasteiger partial charge in [0.05, 0.1) is 13.2 Å². The van der Waals surface area contributed by atoms with Crippen LogP contribution >= 0.6 is 35.9 Å². The molecular formula is C32H36ClNO3S2. The second kappa shape index (κ2) is 13.8. The quantitative estimate of drug-likeness (QED) is 0.149. The van der Waals surface area contributed by atoms with Gasteiger partial charge in [-0.2, -0.15) is 0 Å². The molecule has 1 atom stereocenters. The molecule has 0 amide bonds. The fourth-order valence-corrected chi connectivity index (χ4v) is 6.92. The Bertz CT molecular complexity index is 1330. The molecule has 0 N–H and O–H groups in total. The summed E-state index contributed by atoms with van der Waals surface area (Å²) in [5, 5.41) is 0. The molecule has 0 saturated carbocycles. The van der Waals surface area contributed by atoms with Gasteiger partial charge >= 0.3 is 5.97 Å². The summed E-state index contributed by atoms with van der Waals surface area (Å²) in [6.07, 6.45) is 0. The van der Waals surface area contributed by atoms with Gasteiger partial charge in [-0.1, -0.05) is 104 Å². The molecule has 39 heavy (non-hydrogen) atoms. The third kappa shape index (κ3) is 6.85. The van der Waals surface area contributed by atoms with Crippen molar-refractivity contribution >= 4 is 41.9 Å². The molecule has 4 nitrogen and oxygen atoms in total. The molecule has 7 heteroatoms. The van der Waals surface area contributed by atoms with E-state index in [4.69, 9.17) is 9.47 Å². The van der Waals surface area contributed by atoms with E-state index in [0.29, 0.717) is 6.54 Å². The van der Waals surface area contributed by atoms with Gasteiger partial charge in [-0.25, -0.2) is 4.79 Å². The first-order chi connectivity index (χ1) is 18.3. The van der Waals surface area contributed by atoms with Gasteiger partial charge in [-0.3, -0.25) is 4.90 Å². The summed E-state index contributed by atoms with van der Waals surface area (Å²) in [4.78, 5) is 20.8. The zero-order chi connectivity index (χ0) is 27.2. The minimum Gasteiger partial charge on any atom is -0.463 e. The lowest BCUT2D eigenvalue weighted by Gasteiger charge is -2.39. The number of hydrogen-bond donors (Lipinski definition) is 0. The van der Waals surface area contributed by atoms with Crippen molar-refractivity contribution in [3.8, 4) is 11.8 Å². The second-order valence-electron chi connectivity index (χ2n) is 9.43. The SMILES string of the molecule is CCOC(=O)C(OC(C)(C)C#CCN(CC)CC)(c1ccccc1)c1cccc2c1Sc1ccccc1S2.Cl. The molecule has 4 rings (SSSR count). The Labute approximate surface area is 247 Å². The minimum absolute atomic E-state index is 0. The van der Waals surface area contributed by atoms with Gasteiger partial charge in [-0.15, -0.1) is 12.4 Å². The molecule has 1 aliphatic heterocycles. The van der Waals surface area contributed by atoms with Gasteiger partial charge in [0.25, 0.3) is 0 Å². The molecular weight excluding hydrogens is 546 g/mol. The predicted octanol–water partition coefficient (Wildman–Crippen LogP) is 7.67. The van der Waals surface area contributed by atoms with E-state index in [1.165, 1.54) is 4.90 Å². The maximum Gasteiger partial charge on any atom is 0.347 e. The standard InChI is InChI=1S/C32H35NO3S2.ClH/c1-6-33(7-2)23-15-22-31(4,5)36-32(30(34)35-8-3,24-16-10-9-11-17-24)25-18-14-21-28-29(25)38-27-20-13-12-19-26(27)37-28;/h9-14,16-21H,6-8,23H2,1-5H3;1H. The van der Waals surface area contributed by atoms with Crippen LogP contribution in [0.5, 0.6) is 0 Å². The molecule has 0 saturated heterocycles. The Morgan fingerprint density at radius 3 is 2.10 bits per heavy atom. The van der Waals surface area contributed by atoms with Gasteiger partial charge < -0.3 is 9.47 Å². The topological polar surface area (TPSA) is 38.8 Å². The first kappa shape index (κ1) is 31.1. The lowest BCUT2D eigenvalue weighted by atomic mass is 9.84. The van der Waals surface area contributed by atoms with Crippen LogP contribution in [0, 0.1) is 11.8 Å². The van der Waals surface area contributed by atoms with Crippen LogP contribution in [-0.4, -0.2) is 42.7 Å². The van der Waals surface area contributed by atoms with Crippen molar-refractivity contribution in [1.29, 1.82) is 0 Å². The largest absolute Gasteiger partial charge is 0.463 e. The van der Waals surface area contributed by atoms with E-state index in [9.17, 15) is 4.79 Å². The molecule has 1 heterocycles. The number of nitrogens with zero attached hydrogens (tertiary/aromatic N) is 1. The number of esters is 1. The van der Waals surface area contributed by atoms with Crippen LogP contribution in [0.2, 0.25) is 0 Å². The van der Waals surface area contributed by atoms with Crippen LogP contribution in [0.4, 0.5) is 0 Å². The molecule has 1 aliphatic rings. The van der Waals surface area contributed by atoms with E-state index < -0.39 is 17.2 Å². The number of hydrogen-bond acceptors (Lipinski definition) is 6. The fourth-order valence-electron chi connectivity index (χ4n) is 4.49. The minimum atomic E-state index is -1.50. The van der Waals surface area contributed by atoms with E-state index in [2.05, 4.69) is 54.9 Å². The number of benzene rings is 3. The molecule has 0 bridgehead atoms. The van der Waals surface area contributed by atoms with E-state index in [-0.39, 0.29) is 19.0 Å². The van der Waals surface area contributed by atoms with Crippen molar-refractivity contribution < 1.29 is 14.3 Å². The van der Waals surface area contributed by atoms with Gasteiger partial charge in [0.15, 0.2) is 0 Å². The molecule has 0 aromatic heterocycles. The normalized spacial score (nSPS) is 13.7. The van der Waals surface area contributed by atoms with Crippen molar-refractivity contribution in [3.05, 3.63) is 83.9 Å². The van der Waals surface area contributed by atoms with Crippen LogP contribution in [-0.2, 0) is 19.9 Å². The summed E-state index contributed by atoms with van der Waals surface area (Å²) < 4.78 is 12.7. The highest BCUT2D eigenvalue weighted by Crippen LogP contribution is 2.53. The zero-order valence-corrected chi connectivity index (χ0v) is 25.6. The highest BCUT2D eigenvalue weighted by molar-refractivity contribution is 8.05. The smallest absolute Gasteiger partial charge is 0.347 e. The lowest BCUT2D eigenvalue weighted by Crippen LogP contribution is -2.47. The molecule has 1 unspecified atom stereocenters. The molecule has 3 aromatic rings.